The molecule has 0 spiro atoms. The average Bonchev–Trinajstić information content (AvgIpc) is 2.50. The lowest BCUT2D eigenvalue weighted by molar-refractivity contribution is 0.204. The highest BCUT2D eigenvalue weighted by molar-refractivity contribution is 6.30. The van der Waals surface area contributed by atoms with Crippen molar-refractivity contribution in [3.05, 3.63) is 69.7 Å². The third-order valence-corrected chi connectivity index (χ3v) is 3.01. The SMILES string of the molecule is Clc1ccc(C#CCOCC#Cc2ccc(Cl)cc2)cc1. The molecule has 0 aliphatic rings. The first kappa shape index (κ1) is 15.5. The average molecular weight is 315 g/mol. The maximum absolute atomic E-state index is 5.79. The Morgan fingerprint density at radius 1 is 0.667 bits per heavy atom. The van der Waals surface area contributed by atoms with E-state index >= 15 is 0 Å². The third-order valence-electron chi connectivity index (χ3n) is 2.50. The highest BCUT2D eigenvalue weighted by Crippen LogP contribution is 2.08. The summed E-state index contributed by atoms with van der Waals surface area (Å²) in [7, 11) is 0. The van der Waals surface area contributed by atoms with Gasteiger partial charge < -0.3 is 4.74 Å². The van der Waals surface area contributed by atoms with E-state index in [0.717, 1.165) is 11.1 Å². The zero-order valence-corrected chi connectivity index (χ0v) is 12.7. The van der Waals surface area contributed by atoms with Gasteiger partial charge in [-0.1, -0.05) is 46.9 Å². The minimum absolute atomic E-state index is 0.345. The maximum Gasteiger partial charge on any atom is 0.109 e. The topological polar surface area (TPSA) is 9.23 Å². The van der Waals surface area contributed by atoms with Crippen molar-refractivity contribution in [3.63, 3.8) is 0 Å². The van der Waals surface area contributed by atoms with Crippen LogP contribution in [0, 0.1) is 23.7 Å². The van der Waals surface area contributed by atoms with Crippen molar-refractivity contribution in [2.24, 2.45) is 0 Å². The number of halogens is 2. The van der Waals surface area contributed by atoms with E-state index in [2.05, 4.69) is 23.7 Å². The van der Waals surface area contributed by atoms with Gasteiger partial charge in [0.05, 0.1) is 0 Å². The Morgan fingerprint density at radius 3 is 1.43 bits per heavy atom. The molecule has 0 bridgehead atoms. The van der Waals surface area contributed by atoms with Crippen molar-refractivity contribution < 1.29 is 4.74 Å². The van der Waals surface area contributed by atoms with E-state index in [1.165, 1.54) is 0 Å². The monoisotopic (exact) mass is 314 g/mol. The first-order valence-electron chi connectivity index (χ1n) is 6.31. The molecule has 0 fully saturated rings. The summed E-state index contributed by atoms with van der Waals surface area (Å²) in [6.45, 7) is 0.690. The Balaban J connectivity index is 1.73. The fraction of sp³-hybridized carbons (Fsp3) is 0.111. The lowest BCUT2D eigenvalue weighted by Crippen LogP contribution is -1.91. The largest absolute Gasteiger partial charge is 0.356 e. The molecule has 0 N–H and O–H groups in total. The molecule has 2 aromatic carbocycles. The fourth-order valence-corrected chi connectivity index (χ4v) is 1.75. The summed E-state index contributed by atoms with van der Waals surface area (Å²) in [6, 6.07) is 14.7. The fourth-order valence-electron chi connectivity index (χ4n) is 1.50. The minimum atomic E-state index is 0.345. The summed E-state index contributed by atoms with van der Waals surface area (Å²) < 4.78 is 5.33. The zero-order chi connectivity index (χ0) is 14.9. The molecule has 0 unspecified atom stereocenters. The Morgan fingerprint density at radius 2 is 1.05 bits per heavy atom. The van der Waals surface area contributed by atoms with Gasteiger partial charge in [-0.3, -0.25) is 0 Å². The summed E-state index contributed by atoms with van der Waals surface area (Å²) >= 11 is 11.6. The van der Waals surface area contributed by atoms with Gasteiger partial charge in [0.25, 0.3) is 0 Å². The van der Waals surface area contributed by atoms with Crippen LogP contribution in [-0.4, -0.2) is 13.2 Å². The summed E-state index contributed by atoms with van der Waals surface area (Å²) in [5.41, 5.74) is 1.82. The number of ether oxygens (including phenoxy) is 1. The molecule has 0 aliphatic heterocycles. The van der Waals surface area contributed by atoms with Crippen LogP contribution in [0.3, 0.4) is 0 Å². The highest BCUT2D eigenvalue weighted by Gasteiger charge is 1.88. The molecule has 0 heterocycles. The second-order valence-corrected chi connectivity index (χ2v) is 4.98. The van der Waals surface area contributed by atoms with Gasteiger partial charge in [-0.2, -0.15) is 0 Å². The summed E-state index contributed by atoms with van der Waals surface area (Å²) in [5.74, 6) is 11.8. The van der Waals surface area contributed by atoms with E-state index in [9.17, 15) is 0 Å². The Labute approximate surface area is 134 Å². The van der Waals surface area contributed by atoms with Crippen LogP contribution < -0.4 is 0 Å². The van der Waals surface area contributed by atoms with Crippen LogP contribution in [0.25, 0.3) is 0 Å². The van der Waals surface area contributed by atoms with E-state index in [-0.39, 0.29) is 0 Å². The summed E-state index contributed by atoms with van der Waals surface area (Å²) in [4.78, 5) is 0. The smallest absolute Gasteiger partial charge is 0.109 e. The second kappa shape index (κ2) is 8.40. The molecular formula is C18H12Cl2O. The molecular weight excluding hydrogens is 303 g/mol. The quantitative estimate of drug-likeness (QED) is 0.589. The Hall–Kier alpha value is -1.90. The molecule has 0 radical (unpaired) electrons. The summed E-state index contributed by atoms with van der Waals surface area (Å²) in [5, 5.41) is 1.41. The van der Waals surface area contributed by atoms with Crippen LogP contribution in [0.15, 0.2) is 48.5 Å². The molecule has 0 atom stereocenters. The van der Waals surface area contributed by atoms with Gasteiger partial charge in [-0.15, -0.1) is 0 Å². The van der Waals surface area contributed by atoms with Crippen molar-refractivity contribution in [2.75, 3.05) is 13.2 Å². The van der Waals surface area contributed by atoms with Gasteiger partial charge in [0.2, 0.25) is 0 Å². The lowest BCUT2D eigenvalue weighted by atomic mass is 10.2. The predicted molar refractivity (Wildman–Crippen MR) is 87.5 cm³/mol. The van der Waals surface area contributed by atoms with E-state index in [1.807, 2.05) is 48.5 Å². The maximum atomic E-state index is 5.79. The van der Waals surface area contributed by atoms with E-state index < -0.39 is 0 Å². The van der Waals surface area contributed by atoms with Crippen LogP contribution in [0.5, 0.6) is 0 Å². The first-order valence-corrected chi connectivity index (χ1v) is 7.06. The molecule has 2 aromatic rings. The van der Waals surface area contributed by atoms with Gasteiger partial charge in [0.1, 0.15) is 13.2 Å². The predicted octanol–water partition coefficient (Wildman–Crippen LogP) is 4.41. The van der Waals surface area contributed by atoms with E-state index in [0.29, 0.717) is 23.3 Å². The summed E-state index contributed by atoms with van der Waals surface area (Å²) in [6.07, 6.45) is 0. The van der Waals surface area contributed by atoms with Crippen molar-refractivity contribution in [1.82, 2.24) is 0 Å². The van der Waals surface area contributed by atoms with Gasteiger partial charge >= 0.3 is 0 Å². The van der Waals surface area contributed by atoms with Crippen LogP contribution >= 0.6 is 23.2 Å². The third kappa shape index (κ3) is 5.94. The number of benzene rings is 2. The molecule has 0 saturated heterocycles. The molecule has 2 rings (SSSR count). The van der Waals surface area contributed by atoms with E-state index in [4.69, 9.17) is 27.9 Å². The molecule has 0 aromatic heterocycles. The van der Waals surface area contributed by atoms with Crippen molar-refractivity contribution in [1.29, 1.82) is 0 Å². The molecule has 21 heavy (non-hydrogen) atoms. The van der Waals surface area contributed by atoms with Gasteiger partial charge in [0.15, 0.2) is 0 Å². The van der Waals surface area contributed by atoms with Crippen LogP contribution in [0.1, 0.15) is 11.1 Å². The van der Waals surface area contributed by atoms with Gasteiger partial charge in [-0.05, 0) is 48.5 Å². The molecule has 0 amide bonds. The number of rotatable bonds is 2. The van der Waals surface area contributed by atoms with Gasteiger partial charge in [0, 0.05) is 21.2 Å². The minimum Gasteiger partial charge on any atom is -0.356 e. The van der Waals surface area contributed by atoms with Crippen LogP contribution in [0.2, 0.25) is 10.0 Å². The second-order valence-electron chi connectivity index (χ2n) is 4.11. The van der Waals surface area contributed by atoms with Crippen molar-refractivity contribution in [2.45, 2.75) is 0 Å². The standard InChI is InChI=1S/C18H12Cl2O/c19-17-9-5-15(6-10-17)3-1-13-21-14-2-4-16-7-11-18(20)12-8-16/h5-12H,13-14H2. The van der Waals surface area contributed by atoms with E-state index in [1.54, 1.807) is 0 Å². The number of hydrogen-bond acceptors (Lipinski definition) is 1. The highest BCUT2D eigenvalue weighted by atomic mass is 35.5. The molecule has 0 saturated carbocycles. The number of hydrogen-bond donors (Lipinski definition) is 0. The van der Waals surface area contributed by atoms with Crippen LogP contribution in [-0.2, 0) is 4.74 Å². The van der Waals surface area contributed by atoms with Crippen molar-refractivity contribution >= 4 is 23.2 Å². The molecule has 0 aliphatic carbocycles. The molecule has 1 nitrogen and oxygen atoms in total. The molecule has 3 heteroatoms. The zero-order valence-electron chi connectivity index (χ0n) is 11.2. The van der Waals surface area contributed by atoms with Crippen LogP contribution in [0.4, 0.5) is 0 Å². The van der Waals surface area contributed by atoms with Crippen molar-refractivity contribution in [3.8, 4) is 23.7 Å². The normalized spacial score (nSPS) is 9.24. The van der Waals surface area contributed by atoms with Gasteiger partial charge in [-0.25, -0.2) is 0 Å². The lowest BCUT2D eigenvalue weighted by Gasteiger charge is -1.92. The Kier molecular flexibility index (Phi) is 6.20. The Bertz CT molecular complexity index is 632. The first-order chi connectivity index (χ1) is 10.2. The molecule has 104 valence electrons.